The minimum absolute atomic E-state index is 0.220. The molecule has 1 aromatic carbocycles. The van der Waals surface area contributed by atoms with Crippen LogP contribution in [0.2, 0.25) is 5.02 Å². The van der Waals surface area contributed by atoms with Crippen molar-refractivity contribution < 1.29 is 4.79 Å². The number of rotatable bonds is 6. The fourth-order valence-electron chi connectivity index (χ4n) is 1.47. The van der Waals surface area contributed by atoms with Crippen molar-refractivity contribution in [3.05, 3.63) is 34.9 Å². The van der Waals surface area contributed by atoms with Crippen LogP contribution < -0.4 is 0 Å². The summed E-state index contributed by atoms with van der Waals surface area (Å²) in [6.45, 7) is 1.62. The van der Waals surface area contributed by atoms with Gasteiger partial charge in [0.05, 0.1) is 0 Å². The molecule has 1 rings (SSSR count). The summed E-state index contributed by atoms with van der Waals surface area (Å²) >= 11 is 7.23. The summed E-state index contributed by atoms with van der Waals surface area (Å²) in [6, 6.07) is 8.02. The van der Waals surface area contributed by atoms with E-state index >= 15 is 0 Å². The van der Waals surface area contributed by atoms with Crippen LogP contribution in [0.3, 0.4) is 0 Å². The number of thioether (sulfide) groups is 1. The van der Waals surface area contributed by atoms with Gasteiger partial charge < -0.3 is 0 Å². The van der Waals surface area contributed by atoms with Gasteiger partial charge in [-0.15, -0.1) is 0 Å². The lowest BCUT2D eigenvalue weighted by molar-refractivity contribution is -0.109. The molecule has 1 aromatic rings. The molecule has 0 aromatic heterocycles. The number of unbranched alkanes of at least 4 members (excludes halogenated alkanes) is 2. The van der Waals surface area contributed by atoms with Gasteiger partial charge in [0.2, 0.25) is 0 Å². The second kappa shape index (κ2) is 7.75. The highest BCUT2D eigenvalue weighted by Gasteiger charge is 1.96. The molecule has 1 nitrogen and oxygen atoms in total. The van der Waals surface area contributed by atoms with Crippen molar-refractivity contribution in [3.8, 4) is 0 Å². The molecule has 0 saturated heterocycles. The smallest absolute Gasteiger partial charge is 0.185 e. The number of carbonyl (C=O) groups excluding carboxylic acids is 1. The van der Waals surface area contributed by atoms with E-state index in [9.17, 15) is 4.79 Å². The predicted molar refractivity (Wildman–Crippen MR) is 72.1 cm³/mol. The lowest BCUT2D eigenvalue weighted by Gasteiger charge is -2.01. The molecule has 0 aliphatic carbocycles. The molecule has 0 heterocycles. The molecule has 0 N–H and O–H groups in total. The number of carbonyl (C=O) groups is 1. The number of aryl methyl sites for hydroxylation is 1. The standard InChI is InChI=1S/C13H17ClOS/c1-11(15)16-10-4-2-3-5-12-6-8-13(14)9-7-12/h6-9H,2-5,10H2,1H3. The third-order valence-corrected chi connectivity index (χ3v) is 3.48. The SMILES string of the molecule is CC(=O)SCCCCCc1ccc(Cl)cc1. The molecule has 0 aliphatic rings. The summed E-state index contributed by atoms with van der Waals surface area (Å²) in [5, 5.41) is 1.01. The summed E-state index contributed by atoms with van der Waals surface area (Å²) in [6.07, 6.45) is 4.59. The van der Waals surface area contributed by atoms with Gasteiger partial charge in [-0.1, -0.05) is 41.9 Å². The Balaban J connectivity index is 2.07. The van der Waals surface area contributed by atoms with E-state index in [1.807, 2.05) is 12.1 Å². The van der Waals surface area contributed by atoms with Gasteiger partial charge in [0.1, 0.15) is 0 Å². The van der Waals surface area contributed by atoms with Crippen LogP contribution in [0.25, 0.3) is 0 Å². The summed E-state index contributed by atoms with van der Waals surface area (Å²) in [5.74, 6) is 0.954. The number of benzene rings is 1. The van der Waals surface area contributed by atoms with Gasteiger partial charge in [-0.3, -0.25) is 4.79 Å². The van der Waals surface area contributed by atoms with Gasteiger partial charge >= 0.3 is 0 Å². The molecular weight excluding hydrogens is 240 g/mol. The molecule has 0 unspecified atom stereocenters. The van der Waals surface area contributed by atoms with Crippen LogP contribution >= 0.6 is 23.4 Å². The lowest BCUT2D eigenvalue weighted by atomic mass is 10.1. The van der Waals surface area contributed by atoms with Crippen LogP contribution in [0.1, 0.15) is 31.7 Å². The molecule has 88 valence electrons. The number of hydrogen-bond donors (Lipinski definition) is 0. The van der Waals surface area contributed by atoms with E-state index in [0.717, 1.165) is 23.6 Å². The third-order valence-electron chi connectivity index (χ3n) is 2.33. The fourth-order valence-corrected chi connectivity index (χ4v) is 2.24. The van der Waals surface area contributed by atoms with Crippen LogP contribution in [0.15, 0.2) is 24.3 Å². The van der Waals surface area contributed by atoms with E-state index in [4.69, 9.17) is 11.6 Å². The highest BCUT2D eigenvalue weighted by molar-refractivity contribution is 8.13. The van der Waals surface area contributed by atoms with E-state index in [1.165, 1.54) is 30.2 Å². The molecular formula is C13H17ClOS. The molecule has 0 radical (unpaired) electrons. The Morgan fingerprint density at radius 3 is 2.50 bits per heavy atom. The lowest BCUT2D eigenvalue weighted by Crippen LogP contribution is -1.89. The van der Waals surface area contributed by atoms with Crippen molar-refractivity contribution in [1.82, 2.24) is 0 Å². The predicted octanol–water partition coefficient (Wildman–Crippen LogP) is 4.33. The average molecular weight is 257 g/mol. The first-order valence-electron chi connectivity index (χ1n) is 5.56. The van der Waals surface area contributed by atoms with Gasteiger partial charge in [-0.25, -0.2) is 0 Å². The van der Waals surface area contributed by atoms with Crippen molar-refractivity contribution in [2.75, 3.05) is 5.75 Å². The van der Waals surface area contributed by atoms with Crippen molar-refractivity contribution in [3.63, 3.8) is 0 Å². The molecule has 0 amide bonds. The maximum Gasteiger partial charge on any atom is 0.185 e. The normalized spacial score (nSPS) is 10.4. The monoisotopic (exact) mass is 256 g/mol. The first-order valence-corrected chi connectivity index (χ1v) is 6.92. The molecule has 0 spiro atoms. The van der Waals surface area contributed by atoms with E-state index in [-0.39, 0.29) is 5.12 Å². The topological polar surface area (TPSA) is 17.1 Å². The summed E-state index contributed by atoms with van der Waals surface area (Å²) in [4.78, 5) is 10.7. The largest absolute Gasteiger partial charge is 0.288 e. The zero-order chi connectivity index (χ0) is 11.8. The Kier molecular flexibility index (Phi) is 6.58. The summed E-state index contributed by atoms with van der Waals surface area (Å²) in [5.41, 5.74) is 1.34. The van der Waals surface area contributed by atoms with Gasteiger partial charge in [-0.05, 0) is 37.0 Å². The minimum Gasteiger partial charge on any atom is -0.288 e. The van der Waals surface area contributed by atoms with Gasteiger partial charge in [0.15, 0.2) is 5.12 Å². The second-order valence-electron chi connectivity index (χ2n) is 3.78. The molecule has 0 aliphatic heterocycles. The van der Waals surface area contributed by atoms with Crippen molar-refractivity contribution >= 4 is 28.5 Å². The third kappa shape index (κ3) is 6.19. The van der Waals surface area contributed by atoms with Crippen LogP contribution in [0, 0.1) is 0 Å². The number of hydrogen-bond acceptors (Lipinski definition) is 2. The number of halogens is 1. The van der Waals surface area contributed by atoms with Gasteiger partial charge in [0, 0.05) is 17.7 Å². The van der Waals surface area contributed by atoms with E-state index in [1.54, 1.807) is 6.92 Å². The molecule has 0 bridgehead atoms. The fraction of sp³-hybridized carbons (Fsp3) is 0.462. The van der Waals surface area contributed by atoms with Crippen LogP contribution in [-0.4, -0.2) is 10.9 Å². The first-order chi connectivity index (χ1) is 7.68. The van der Waals surface area contributed by atoms with Crippen LogP contribution in [0.5, 0.6) is 0 Å². The zero-order valence-electron chi connectivity index (χ0n) is 9.54. The van der Waals surface area contributed by atoms with E-state index in [2.05, 4.69) is 12.1 Å². The molecule has 0 saturated carbocycles. The summed E-state index contributed by atoms with van der Waals surface area (Å²) in [7, 11) is 0. The molecule has 16 heavy (non-hydrogen) atoms. The Bertz CT molecular complexity index is 321. The van der Waals surface area contributed by atoms with E-state index < -0.39 is 0 Å². The molecule has 0 fully saturated rings. The second-order valence-corrected chi connectivity index (χ2v) is 5.49. The van der Waals surface area contributed by atoms with Crippen LogP contribution in [-0.2, 0) is 11.2 Å². The van der Waals surface area contributed by atoms with Crippen molar-refractivity contribution in [2.24, 2.45) is 0 Å². The zero-order valence-corrected chi connectivity index (χ0v) is 11.1. The Labute approximate surface area is 107 Å². The Morgan fingerprint density at radius 1 is 1.19 bits per heavy atom. The average Bonchev–Trinajstić information content (AvgIpc) is 2.25. The minimum atomic E-state index is 0.220. The maximum atomic E-state index is 10.7. The first kappa shape index (κ1) is 13.6. The van der Waals surface area contributed by atoms with Gasteiger partial charge in [-0.2, -0.15) is 0 Å². The summed E-state index contributed by atoms with van der Waals surface area (Å²) < 4.78 is 0. The quantitative estimate of drug-likeness (QED) is 0.705. The highest BCUT2D eigenvalue weighted by Crippen LogP contribution is 2.13. The van der Waals surface area contributed by atoms with E-state index in [0.29, 0.717) is 0 Å². The maximum absolute atomic E-state index is 10.7. The van der Waals surface area contributed by atoms with Crippen LogP contribution in [0.4, 0.5) is 0 Å². The van der Waals surface area contributed by atoms with Crippen molar-refractivity contribution in [2.45, 2.75) is 32.6 Å². The van der Waals surface area contributed by atoms with Crippen molar-refractivity contribution in [1.29, 1.82) is 0 Å². The van der Waals surface area contributed by atoms with Gasteiger partial charge in [0.25, 0.3) is 0 Å². The molecule has 3 heteroatoms. The highest BCUT2D eigenvalue weighted by atomic mass is 35.5. The molecule has 0 atom stereocenters. The Morgan fingerprint density at radius 2 is 1.88 bits per heavy atom. The Hall–Kier alpha value is -0.470.